The molecule has 1 fully saturated rings. The molecule has 0 bridgehead atoms. The van der Waals surface area contributed by atoms with Crippen molar-refractivity contribution in [1.29, 1.82) is 0 Å². The van der Waals surface area contributed by atoms with E-state index in [1.165, 1.54) is 0 Å². The maximum Gasteiger partial charge on any atom is 0.475 e. The summed E-state index contributed by atoms with van der Waals surface area (Å²) in [7, 11) is -1.76. The minimum Gasteiger partial charge on any atom is -0.447 e. The number of hydrogen-bond donors (Lipinski definition) is 3. The van der Waals surface area contributed by atoms with Crippen molar-refractivity contribution < 1.29 is 24.4 Å². The van der Waals surface area contributed by atoms with Crippen LogP contribution in [0.5, 0.6) is 0 Å². The van der Waals surface area contributed by atoms with Crippen LogP contribution in [-0.2, 0) is 16.0 Å². The molecule has 0 radical (unpaired) electrons. The summed E-state index contributed by atoms with van der Waals surface area (Å²) < 4.78 is 5.41. The molecule has 0 spiro atoms. The van der Waals surface area contributed by atoms with Crippen LogP contribution in [0.25, 0.3) is 4.85 Å². The number of alkyl carbamates (subject to hydrolysis) is 1. The minimum atomic E-state index is -1.76. The Morgan fingerprint density at radius 2 is 1.94 bits per heavy atom. The summed E-state index contributed by atoms with van der Waals surface area (Å²) in [5, 5.41) is 22.0. The van der Waals surface area contributed by atoms with Gasteiger partial charge >= 0.3 is 13.2 Å². The summed E-state index contributed by atoms with van der Waals surface area (Å²) in [6, 6.07) is 7.22. The Kier molecular flexibility index (Phi) is 10.1. The molecule has 184 valence electrons. The van der Waals surface area contributed by atoms with E-state index in [-0.39, 0.29) is 36.1 Å². The van der Waals surface area contributed by atoms with E-state index in [0.717, 1.165) is 30.4 Å². The second-order valence-corrected chi connectivity index (χ2v) is 9.96. The lowest BCUT2D eigenvalue weighted by Gasteiger charge is -2.30. The van der Waals surface area contributed by atoms with E-state index >= 15 is 0 Å². The number of likely N-dealkylation sites (tertiary alicyclic amines) is 1. The fourth-order valence-electron chi connectivity index (χ4n) is 3.89. The molecule has 1 aromatic rings. The second kappa shape index (κ2) is 12.6. The standard InChI is InChI=1S/C25H36BN3O5/c1-18-10-12-19(13-11-18)15-22(26(32)33)28-24(31)34-17-20-9-7-6-8-14-29(20)23(30)21(27-5)16-25(2,3)4/h10-13,16,20,22,32-33H,6-9,14-15,17H2,1-4H3,(H,28,31)/t20-,22+/m1/s1. The van der Waals surface area contributed by atoms with Crippen LogP contribution in [0.3, 0.4) is 0 Å². The van der Waals surface area contributed by atoms with Gasteiger partial charge in [-0.3, -0.25) is 4.79 Å². The zero-order valence-corrected chi connectivity index (χ0v) is 20.6. The van der Waals surface area contributed by atoms with Crippen molar-refractivity contribution in [2.45, 2.75) is 71.8 Å². The zero-order chi connectivity index (χ0) is 25.3. The molecular weight excluding hydrogens is 433 g/mol. The van der Waals surface area contributed by atoms with Crippen LogP contribution in [0, 0.1) is 18.9 Å². The molecule has 0 aliphatic carbocycles. The molecule has 1 aliphatic rings. The van der Waals surface area contributed by atoms with E-state index < -0.39 is 19.2 Å². The van der Waals surface area contributed by atoms with E-state index in [4.69, 9.17) is 11.3 Å². The lowest BCUT2D eigenvalue weighted by Crippen LogP contribution is -2.49. The third-order valence-corrected chi connectivity index (χ3v) is 5.69. The summed E-state index contributed by atoms with van der Waals surface area (Å²) in [6.45, 7) is 15.7. The van der Waals surface area contributed by atoms with Crippen LogP contribution in [0.2, 0.25) is 0 Å². The van der Waals surface area contributed by atoms with Gasteiger partial charge < -0.3 is 25.0 Å². The third-order valence-electron chi connectivity index (χ3n) is 5.69. The van der Waals surface area contributed by atoms with Crippen LogP contribution >= 0.6 is 0 Å². The molecule has 9 heteroatoms. The van der Waals surface area contributed by atoms with Gasteiger partial charge in [0.05, 0.1) is 18.6 Å². The lowest BCUT2D eigenvalue weighted by atomic mass is 9.76. The van der Waals surface area contributed by atoms with Gasteiger partial charge in [-0.15, -0.1) is 0 Å². The molecule has 2 amide bonds. The number of benzene rings is 1. The lowest BCUT2D eigenvalue weighted by molar-refractivity contribution is -0.130. The quantitative estimate of drug-likeness (QED) is 0.323. The van der Waals surface area contributed by atoms with Gasteiger partial charge in [0.15, 0.2) is 0 Å². The molecule has 1 heterocycles. The SMILES string of the molecule is [C-]#[N+]C(=CC(C)(C)C)C(=O)N1CCCCC[C@@H]1COC(=O)N[C@@H](Cc1ccc(C)cc1)B(O)O. The molecule has 3 N–H and O–H groups in total. The molecular formula is C25H36BN3O5. The van der Waals surface area contributed by atoms with Crippen molar-refractivity contribution in [3.05, 3.63) is 58.6 Å². The smallest absolute Gasteiger partial charge is 0.447 e. The predicted octanol–water partition coefficient (Wildman–Crippen LogP) is 3.26. The van der Waals surface area contributed by atoms with Crippen molar-refractivity contribution in [2.75, 3.05) is 13.2 Å². The van der Waals surface area contributed by atoms with Gasteiger partial charge in [0, 0.05) is 6.54 Å². The van der Waals surface area contributed by atoms with Gasteiger partial charge in [0.25, 0.3) is 5.91 Å². The molecule has 0 saturated carbocycles. The van der Waals surface area contributed by atoms with E-state index in [1.54, 1.807) is 11.0 Å². The summed E-state index contributed by atoms with van der Waals surface area (Å²) in [5.74, 6) is -1.28. The summed E-state index contributed by atoms with van der Waals surface area (Å²) in [6.07, 6.45) is 4.46. The number of nitrogens with zero attached hydrogens (tertiary/aromatic N) is 2. The first-order valence-corrected chi connectivity index (χ1v) is 11.8. The van der Waals surface area contributed by atoms with E-state index in [2.05, 4.69) is 10.2 Å². The highest BCUT2D eigenvalue weighted by atomic mass is 16.5. The Morgan fingerprint density at radius 3 is 2.53 bits per heavy atom. The Bertz CT molecular complexity index is 903. The highest BCUT2D eigenvalue weighted by Crippen LogP contribution is 2.23. The van der Waals surface area contributed by atoms with Gasteiger partial charge in [-0.05, 0) is 37.2 Å². The Labute approximate surface area is 202 Å². The number of aryl methyl sites for hydroxylation is 1. The maximum absolute atomic E-state index is 13.1. The van der Waals surface area contributed by atoms with Crippen molar-refractivity contribution in [3.63, 3.8) is 0 Å². The molecule has 1 aliphatic heterocycles. The van der Waals surface area contributed by atoms with E-state index in [0.29, 0.717) is 13.0 Å². The molecule has 34 heavy (non-hydrogen) atoms. The normalized spacial score (nSPS) is 17.9. The number of rotatable bonds is 7. The second-order valence-electron chi connectivity index (χ2n) is 9.96. The monoisotopic (exact) mass is 469 g/mol. The maximum atomic E-state index is 13.1. The average molecular weight is 469 g/mol. The van der Waals surface area contributed by atoms with Gasteiger partial charge in [-0.25, -0.2) is 9.64 Å². The Balaban J connectivity index is 2.04. The first-order valence-electron chi connectivity index (χ1n) is 11.8. The Morgan fingerprint density at radius 1 is 1.26 bits per heavy atom. The largest absolute Gasteiger partial charge is 0.475 e. The van der Waals surface area contributed by atoms with E-state index in [9.17, 15) is 19.6 Å². The van der Waals surface area contributed by atoms with Gasteiger partial charge in [0.1, 0.15) is 6.61 Å². The highest BCUT2D eigenvalue weighted by molar-refractivity contribution is 6.43. The van der Waals surface area contributed by atoms with Crippen LogP contribution in [-0.4, -0.2) is 59.2 Å². The number of amides is 2. The minimum absolute atomic E-state index is 0.0306. The summed E-state index contributed by atoms with van der Waals surface area (Å²) in [4.78, 5) is 30.7. The summed E-state index contributed by atoms with van der Waals surface area (Å²) in [5.41, 5.74) is 1.69. The molecule has 1 saturated heterocycles. The summed E-state index contributed by atoms with van der Waals surface area (Å²) >= 11 is 0. The van der Waals surface area contributed by atoms with Crippen LogP contribution in [0.4, 0.5) is 4.79 Å². The number of carbonyl (C=O) groups is 2. The van der Waals surface area contributed by atoms with Crippen LogP contribution in [0.1, 0.15) is 57.6 Å². The van der Waals surface area contributed by atoms with Gasteiger partial charge in [-0.1, -0.05) is 69.5 Å². The average Bonchev–Trinajstić information content (AvgIpc) is 3.01. The number of nitrogens with one attached hydrogen (secondary N) is 1. The molecule has 0 unspecified atom stereocenters. The number of ether oxygens (including phenoxy) is 1. The number of carbonyl (C=O) groups excluding carboxylic acids is 2. The first kappa shape index (κ1) is 27.4. The third kappa shape index (κ3) is 8.84. The highest BCUT2D eigenvalue weighted by Gasteiger charge is 2.31. The van der Waals surface area contributed by atoms with Crippen molar-refractivity contribution in [3.8, 4) is 0 Å². The molecule has 1 aromatic carbocycles. The molecule has 2 atom stereocenters. The van der Waals surface area contributed by atoms with Gasteiger partial charge in [0.2, 0.25) is 5.70 Å². The fraction of sp³-hybridized carbons (Fsp3) is 0.560. The predicted molar refractivity (Wildman–Crippen MR) is 131 cm³/mol. The number of hydrogen-bond acceptors (Lipinski definition) is 5. The number of allylic oxidation sites excluding steroid dienone is 1. The van der Waals surface area contributed by atoms with Crippen LogP contribution < -0.4 is 5.32 Å². The van der Waals surface area contributed by atoms with E-state index in [1.807, 2.05) is 52.0 Å². The van der Waals surface area contributed by atoms with Gasteiger partial charge in [-0.2, -0.15) is 0 Å². The molecule has 0 aromatic heterocycles. The van der Waals surface area contributed by atoms with Crippen LogP contribution in [0.15, 0.2) is 36.0 Å². The first-order chi connectivity index (χ1) is 16.0. The van der Waals surface area contributed by atoms with Crippen molar-refractivity contribution >= 4 is 19.1 Å². The Hall–Kier alpha value is -2.83. The molecule has 8 nitrogen and oxygen atoms in total. The van der Waals surface area contributed by atoms with Crippen molar-refractivity contribution in [1.82, 2.24) is 10.2 Å². The fourth-order valence-corrected chi connectivity index (χ4v) is 3.89. The zero-order valence-electron chi connectivity index (χ0n) is 20.6. The topological polar surface area (TPSA) is 103 Å². The van der Waals surface area contributed by atoms with Crippen molar-refractivity contribution in [2.24, 2.45) is 5.41 Å². The molecule has 2 rings (SSSR count).